The number of benzene rings is 1. The topological polar surface area (TPSA) is 72.7 Å². The number of hydrogen-bond donors (Lipinski definition) is 1. The van der Waals surface area contributed by atoms with Gasteiger partial charge in [0.25, 0.3) is 5.91 Å². The van der Waals surface area contributed by atoms with Gasteiger partial charge in [0, 0.05) is 6.20 Å². The predicted octanol–water partition coefficient (Wildman–Crippen LogP) is 1.91. The third kappa shape index (κ3) is 2.54. The van der Waals surface area contributed by atoms with Crippen molar-refractivity contribution in [3.8, 4) is 5.69 Å². The van der Waals surface area contributed by atoms with Crippen molar-refractivity contribution < 1.29 is 4.79 Å². The molecule has 0 bridgehead atoms. The summed E-state index contributed by atoms with van der Waals surface area (Å²) in [6.07, 6.45) is 3.03. The summed E-state index contributed by atoms with van der Waals surface area (Å²) in [5.41, 5.74) is 1.03. The third-order valence-corrected chi connectivity index (χ3v) is 2.62. The SMILES string of the molecule is O=C(Nc1ccccn1)c1cnn(-c2ccccc2)n1. The van der Waals surface area contributed by atoms with E-state index in [2.05, 4.69) is 20.5 Å². The van der Waals surface area contributed by atoms with Gasteiger partial charge in [-0.05, 0) is 24.3 Å². The van der Waals surface area contributed by atoms with Crippen molar-refractivity contribution in [2.24, 2.45) is 0 Å². The molecule has 2 heterocycles. The maximum Gasteiger partial charge on any atom is 0.279 e. The van der Waals surface area contributed by atoms with Gasteiger partial charge in [0.1, 0.15) is 5.82 Å². The molecule has 1 aromatic carbocycles. The van der Waals surface area contributed by atoms with Gasteiger partial charge in [-0.15, -0.1) is 5.10 Å². The minimum absolute atomic E-state index is 0.236. The Labute approximate surface area is 115 Å². The quantitative estimate of drug-likeness (QED) is 0.785. The largest absolute Gasteiger partial charge is 0.305 e. The number of hydrogen-bond acceptors (Lipinski definition) is 4. The summed E-state index contributed by atoms with van der Waals surface area (Å²) >= 11 is 0. The lowest BCUT2D eigenvalue weighted by Gasteiger charge is -2.00. The van der Waals surface area contributed by atoms with Crippen LogP contribution >= 0.6 is 0 Å². The zero-order chi connectivity index (χ0) is 13.8. The number of pyridine rings is 1. The molecular formula is C14H11N5O. The van der Waals surface area contributed by atoms with E-state index in [0.717, 1.165) is 5.69 Å². The van der Waals surface area contributed by atoms with Gasteiger partial charge in [-0.25, -0.2) is 4.98 Å². The second-order valence-corrected chi connectivity index (χ2v) is 4.02. The van der Waals surface area contributed by atoms with Gasteiger partial charge in [0.2, 0.25) is 0 Å². The van der Waals surface area contributed by atoms with E-state index in [1.165, 1.54) is 11.0 Å². The van der Waals surface area contributed by atoms with Crippen LogP contribution in [0.25, 0.3) is 5.69 Å². The number of nitrogens with one attached hydrogen (secondary N) is 1. The molecule has 3 rings (SSSR count). The van der Waals surface area contributed by atoms with Gasteiger partial charge in [0.15, 0.2) is 5.69 Å². The minimum atomic E-state index is -0.342. The summed E-state index contributed by atoms with van der Waals surface area (Å²) in [6, 6.07) is 14.7. The molecule has 3 aromatic rings. The molecule has 0 atom stereocenters. The van der Waals surface area contributed by atoms with E-state index in [-0.39, 0.29) is 11.6 Å². The van der Waals surface area contributed by atoms with Crippen LogP contribution in [-0.4, -0.2) is 25.9 Å². The second kappa shape index (κ2) is 5.31. The molecule has 0 saturated heterocycles. The van der Waals surface area contributed by atoms with E-state index in [9.17, 15) is 4.79 Å². The van der Waals surface area contributed by atoms with E-state index < -0.39 is 0 Å². The Morgan fingerprint density at radius 1 is 1.05 bits per heavy atom. The van der Waals surface area contributed by atoms with Crippen LogP contribution in [0, 0.1) is 0 Å². The van der Waals surface area contributed by atoms with Gasteiger partial charge in [-0.3, -0.25) is 4.79 Å². The van der Waals surface area contributed by atoms with Gasteiger partial charge >= 0.3 is 0 Å². The van der Waals surface area contributed by atoms with Crippen molar-refractivity contribution >= 4 is 11.7 Å². The Balaban J connectivity index is 1.79. The highest BCUT2D eigenvalue weighted by Crippen LogP contribution is 2.06. The first kappa shape index (κ1) is 12.0. The standard InChI is InChI=1S/C14H11N5O/c20-14(17-13-8-4-5-9-15-13)12-10-16-19(18-12)11-6-2-1-3-7-11/h1-10H,(H,15,17,20). The predicted molar refractivity (Wildman–Crippen MR) is 73.5 cm³/mol. The summed E-state index contributed by atoms with van der Waals surface area (Å²) in [7, 11) is 0. The van der Waals surface area contributed by atoms with Crippen molar-refractivity contribution in [2.75, 3.05) is 5.32 Å². The molecule has 1 amide bonds. The number of aromatic nitrogens is 4. The van der Waals surface area contributed by atoms with Crippen LogP contribution in [0.3, 0.4) is 0 Å². The van der Waals surface area contributed by atoms with Crippen molar-refractivity contribution in [2.45, 2.75) is 0 Å². The molecule has 6 nitrogen and oxygen atoms in total. The van der Waals surface area contributed by atoms with Crippen molar-refractivity contribution in [3.63, 3.8) is 0 Å². The summed E-state index contributed by atoms with van der Waals surface area (Å²) < 4.78 is 0. The Bertz CT molecular complexity index is 709. The number of amides is 1. The molecule has 6 heteroatoms. The molecule has 98 valence electrons. The lowest BCUT2D eigenvalue weighted by Crippen LogP contribution is -2.14. The van der Waals surface area contributed by atoms with Gasteiger partial charge in [-0.2, -0.15) is 9.90 Å². The molecule has 0 saturated carbocycles. The van der Waals surface area contributed by atoms with E-state index in [1.54, 1.807) is 24.4 Å². The number of carbonyl (C=O) groups is 1. The average molecular weight is 265 g/mol. The first-order valence-electron chi connectivity index (χ1n) is 6.03. The highest BCUT2D eigenvalue weighted by Gasteiger charge is 2.11. The molecule has 0 radical (unpaired) electrons. The van der Waals surface area contributed by atoms with Crippen LogP contribution in [0.4, 0.5) is 5.82 Å². The molecule has 0 unspecified atom stereocenters. The molecule has 20 heavy (non-hydrogen) atoms. The number of anilines is 1. The third-order valence-electron chi connectivity index (χ3n) is 2.62. The van der Waals surface area contributed by atoms with Gasteiger partial charge < -0.3 is 5.32 Å². The van der Waals surface area contributed by atoms with Gasteiger partial charge in [0.05, 0.1) is 11.9 Å². The molecule has 2 aromatic heterocycles. The van der Waals surface area contributed by atoms with Crippen molar-refractivity contribution in [3.05, 3.63) is 66.6 Å². The summed E-state index contributed by atoms with van der Waals surface area (Å²) in [5.74, 6) is 0.137. The number of para-hydroxylation sites is 1. The van der Waals surface area contributed by atoms with Crippen LogP contribution in [0.5, 0.6) is 0 Å². The van der Waals surface area contributed by atoms with E-state index in [4.69, 9.17) is 0 Å². The lowest BCUT2D eigenvalue weighted by molar-refractivity contribution is 0.102. The van der Waals surface area contributed by atoms with Crippen LogP contribution < -0.4 is 5.32 Å². The fourth-order valence-electron chi connectivity index (χ4n) is 1.67. The second-order valence-electron chi connectivity index (χ2n) is 4.02. The fourth-order valence-corrected chi connectivity index (χ4v) is 1.67. The summed E-state index contributed by atoms with van der Waals surface area (Å²) in [4.78, 5) is 17.4. The van der Waals surface area contributed by atoms with E-state index >= 15 is 0 Å². The van der Waals surface area contributed by atoms with Gasteiger partial charge in [-0.1, -0.05) is 24.3 Å². The van der Waals surface area contributed by atoms with E-state index in [1.807, 2.05) is 30.3 Å². The molecule has 0 fully saturated rings. The highest BCUT2D eigenvalue weighted by molar-refractivity contribution is 6.02. The van der Waals surface area contributed by atoms with E-state index in [0.29, 0.717) is 5.82 Å². The number of rotatable bonds is 3. The normalized spacial score (nSPS) is 10.2. The monoisotopic (exact) mass is 265 g/mol. The Morgan fingerprint density at radius 3 is 2.60 bits per heavy atom. The maximum absolute atomic E-state index is 12.0. The first-order chi connectivity index (χ1) is 9.83. The first-order valence-corrected chi connectivity index (χ1v) is 6.03. The number of carbonyl (C=O) groups excluding carboxylic acids is 1. The minimum Gasteiger partial charge on any atom is -0.305 e. The summed E-state index contributed by atoms with van der Waals surface area (Å²) in [5, 5.41) is 10.9. The lowest BCUT2D eigenvalue weighted by atomic mass is 10.3. The molecule has 0 aliphatic rings. The smallest absolute Gasteiger partial charge is 0.279 e. The molecule has 0 aliphatic carbocycles. The van der Waals surface area contributed by atoms with Crippen molar-refractivity contribution in [1.82, 2.24) is 20.0 Å². The van der Waals surface area contributed by atoms with Crippen LogP contribution in [0.15, 0.2) is 60.9 Å². The van der Waals surface area contributed by atoms with Crippen LogP contribution in [-0.2, 0) is 0 Å². The average Bonchev–Trinajstić information content (AvgIpc) is 2.99. The Hall–Kier alpha value is -3.02. The maximum atomic E-state index is 12.0. The Kier molecular flexibility index (Phi) is 3.20. The molecule has 0 spiro atoms. The molecule has 0 aliphatic heterocycles. The number of nitrogens with zero attached hydrogens (tertiary/aromatic N) is 4. The van der Waals surface area contributed by atoms with Crippen LogP contribution in [0.2, 0.25) is 0 Å². The zero-order valence-corrected chi connectivity index (χ0v) is 10.5. The zero-order valence-electron chi connectivity index (χ0n) is 10.5. The summed E-state index contributed by atoms with van der Waals surface area (Å²) in [6.45, 7) is 0. The van der Waals surface area contributed by atoms with Crippen molar-refractivity contribution in [1.29, 1.82) is 0 Å². The Morgan fingerprint density at radius 2 is 1.85 bits per heavy atom. The molecule has 1 N–H and O–H groups in total. The highest BCUT2D eigenvalue weighted by atomic mass is 16.2. The molecular weight excluding hydrogens is 254 g/mol. The fraction of sp³-hybridized carbons (Fsp3) is 0. The van der Waals surface area contributed by atoms with Crippen LogP contribution in [0.1, 0.15) is 10.5 Å².